The molecule has 0 amide bonds. The van der Waals surface area contributed by atoms with E-state index in [1.807, 2.05) is 43.3 Å². The number of hydrogen-bond acceptors (Lipinski definition) is 5. The van der Waals surface area contributed by atoms with E-state index >= 15 is 0 Å². The van der Waals surface area contributed by atoms with E-state index in [0.717, 1.165) is 11.1 Å². The lowest BCUT2D eigenvalue weighted by Crippen LogP contribution is -2.26. The zero-order valence-electron chi connectivity index (χ0n) is 14.6. The number of sulfonamides is 1. The lowest BCUT2D eigenvalue weighted by molar-refractivity contribution is 0.402. The third-order valence-corrected chi connectivity index (χ3v) is 5.38. The van der Waals surface area contributed by atoms with Gasteiger partial charge in [-0.1, -0.05) is 41.6 Å². The van der Waals surface area contributed by atoms with E-state index in [2.05, 4.69) is 9.88 Å². The summed E-state index contributed by atoms with van der Waals surface area (Å²) in [5, 5.41) is 4.00. The summed E-state index contributed by atoms with van der Waals surface area (Å²) in [5.41, 5.74) is 2.45. The second-order valence-electron chi connectivity index (χ2n) is 5.85. The summed E-state index contributed by atoms with van der Waals surface area (Å²) in [5.74, 6) is 0.972. The first kappa shape index (κ1) is 18.2. The van der Waals surface area contributed by atoms with Gasteiger partial charge in [-0.2, -0.15) is 0 Å². The lowest BCUT2D eigenvalue weighted by Gasteiger charge is -2.11. The molecule has 136 valence electrons. The van der Waals surface area contributed by atoms with Crippen LogP contribution in [0.15, 0.2) is 64.0 Å². The first-order valence-electron chi connectivity index (χ1n) is 8.15. The number of aryl methyl sites for hydroxylation is 1. The van der Waals surface area contributed by atoms with E-state index in [-0.39, 0.29) is 11.4 Å². The molecule has 1 N–H and O–H groups in total. The van der Waals surface area contributed by atoms with Gasteiger partial charge in [0.2, 0.25) is 10.0 Å². The molecule has 0 fully saturated rings. The quantitative estimate of drug-likeness (QED) is 0.689. The van der Waals surface area contributed by atoms with Gasteiger partial charge in [0.25, 0.3) is 0 Å². The molecule has 0 saturated heterocycles. The van der Waals surface area contributed by atoms with E-state index in [1.165, 1.54) is 7.11 Å². The Morgan fingerprint density at radius 2 is 1.88 bits per heavy atom. The van der Waals surface area contributed by atoms with Gasteiger partial charge in [0.15, 0.2) is 5.76 Å². The number of ether oxygens (including phenoxy) is 1. The van der Waals surface area contributed by atoms with E-state index < -0.39 is 10.0 Å². The van der Waals surface area contributed by atoms with Crippen molar-refractivity contribution in [1.29, 1.82) is 0 Å². The summed E-state index contributed by atoms with van der Waals surface area (Å²) in [6, 6.07) is 16.5. The Balaban J connectivity index is 1.66. The van der Waals surface area contributed by atoms with Crippen molar-refractivity contribution in [3.8, 4) is 17.1 Å². The van der Waals surface area contributed by atoms with Crippen LogP contribution < -0.4 is 9.46 Å². The van der Waals surface area contributed by atoms with Crippen LogP contribution >= 0.6 is 0 Å². The molecule has 1 aromatic heterocycles. The van der Waals surface area contributed by atoms with Crippen molar-refractivity contribution in [1.82, 2.24) is 9.88 Å². The molecule has 0 unspecified atom stereocenters. The highest BCUT2D eigenvalue weighted by Gasteiger charge is 2.19. The molecule has 2 aromatic carbocycles. The van der Waals surface area contributed by atoms with Gasteiger partial charge < -0.3 is 9.26 Å². The third-order valence-electron chi connectivity index (χ3n) is 3.90. The van der Waals surface area contributed by atoms with Crippen LogP contribution in [0.1, 0.15) is 11.3 Å². The van der Waals surface area contributed by atoms with Crippen LogP contribution in [0.2, 0.25) is 0 Å². The highest BCUT2D eigenvalue weighted by Crippen LogP contribution is 2.24. The number of hydrogen-bond donors (Lipinski definition) is 1. The maximum absolute atomic E-state index is 12.5. The summed E-state index contributed by atoms with van der Waals surface area (Å²) < 4.78 is 38.2. The minimum absolute atomic E-state index is 0.130. The minimum atomic E-state index is -3.67. The average molecular weight is 372 g/mol. The van der Waals surface area contributed by atoms with E-state index in [9.17, 15) is 8.42 Å². The van der Waals surface area contributed by atoms with E-state index in [4.69, 9.17) is 9.26 Å². The Labute approximate surface area is 152 Å². The number of benzene rings is 2. The van der Waals surface area contributed by atoms with Gasteiger partial charge in [-0.3, -0.25) is 0 Å². The fraction of sp³-hybridized carbons (Fsp3) is 0.211. The van der Waals surface area contributed by atoms with Crippen LogP contribution in [-0.2, 0) is 16.4 Å². The minimum Gasteiger partial charge on any atom is -0.495 e. The number of nitrogens with one attached hydrogen (secondary N) is 1. The van der Waals surface area contributed by atoms with Gasteiger partial charge in [0.05, 0.1) is 12.8 Å². The Hall–Kier alpha value is -2.64. The van der Waals surface area contributed by atoms with Gasteiger partial charge in [-0.05, 0) is 24.6 Å². The molecule has 0 aliphatic rings. The Bertz CT molecular complexity index is 982. The normalized spacial score (nSPS) is 11.5. The summed E-state index contributed by atoms with van der Waals surface area (Å²) >= 11 is 0. The van der Waals surface area contributed by atoms with Crippen molar-refractivity contribution in [2.75, 3.05) is 13.7 Å². The van der Waals surface area contributed by atoms with Crippen LogP contribution in [0.25, 0.3) is 11.3 Å². The molecule has 0 radical (unpaired) electrons. The lowest BCUT2D eigenvalue weighted by atomic mass is 10.1. The summed E-state index contributed by atoms with van der Waals surface area (Å²) in [6.45, 7) is 2.04. The van der Waals surface area contributed by atoms with Crippen molar-refractivity contribution in [2.45, 2.75) is 18.2 Å². The number of nitrogens with zero attached hydrogens (tertiary/aromatic N) is 1. The maximum Gasteiger partial charge on any atom is 0.244 e. The monoisotopic (exact) mass is 372 g/mol. The second kappa shape index (κ2) is 7.72. The predicted molar refractivity (Wildman–Crippen MR) is 98.6 cm³/mol. The molecule has 0 atom stereocenters. The topological polar surface area (TPSA) is 81.4 Å². The number of aromatic nitrogens is 1. The van der Waals surface area contributed by atoms with Crippen molar-refractivity contribution >= 4 is 10.0 Å². The Kier molecular flexibility index (Phi) is 5.39. The molecule has 7 heteroatoms. The molecule has 26 heavy (non-hydrogen) atoms. The first-order valence-corrected chi connectivity index (χ1v) is 9.63. The van der Waals surface area contributed by atoms with Crippen LogP contribution in [0.5, 0.6) is 5.75 Å². The van der Waals surface area contributed by atoms with E-state index in [0.29, 0.717) is 23.6 Å². The van der Waals surface area contributed by atoms with Crippen LogP contribution in [0.4, 0.5) is 0 Å². The molecule has 0 saturated carbocycles. The van der Waals surface area contributed by atoms with E-state index in [1.54, 1.807) is 18.2 Å². The van der Waals surface area contributed by atoms with Crippen molar-refractivity contribution in [3.05, 3.63) is 65.9 Å². The zero-order valence-corrected chi connectivity index (χ0v) is 15.4. The molecule has 1 heterocycles. The first-order chi connectivity index (χ1) is 12.5. The SMILES string of the molecule is COc1ccc(C)cc1S(=O)(=O)NCCc1cc(-c2ccccc2)on1. The largest absolute Gasteiger partial charge is 0.495 e. The molecule has 0 aliphatic heterocycles. The second-order valence-corrected chi connectivity index (χ2v) is 7.59. The molecule has 3 rings (SSSR count). The van der Waals surface area contributed by atoms with Gasteiger partial charge in [-0.25, -0.2) is 13.1 Å². The Morgan fingerprint density at radius 3 is 2.62 bits per heavy atom. The Morgan fingerprint density at radius 1 is 1.12 bits per heavy atom. The molecule has 6 nitrogen and oxygen atoms in total. The van der Waals surface area contributed by atoms with Gasteiger partial charge in [-0.15, -0.1) is 0 Å². The summed E-state index contributed by atoms with van der Waals surface area (Å²) in [6.07, 6.45) is 0.420. The van der Waals surface area contributed by atoms with Crippen molar-refractivity contribution in [3.63, 3.8) is 0 Å². The predicted octanol–water partition coefficient (Wildman–Crippen LogP) is 3.18. The molecular weight excluding hydrogens is 352 g/mol. The van der Waals surface area contributed by atoms with Crippen LogP contribution in [0.3, 0.4) is 0 Å². The van der Waals surface area contributed by atoms with Crippen LogP contribution in [0, 0.1) is 6.92 Å². The number of rotatable bonds is 7. The van der Waals surface area contributed by atoms with Gasteiger partial charge in [0, 0.05) is 24.6 Å². The summed E-state index contributed by atoms with van der Waals surface area (Å²) in [4.78, 5) is 0.130. The molecule has 0 spiro atoms. The molecular formula is C19H20N2O4S. The summed E-state index contributed by atoms with van der Waals surface area (Å²) in [7, 11) is -2.23. The number of methoxy groups -OCH3 is 1. The van der Waals surface area contributed by atoms with Gasteiger partial charge in [0.1, 0.15) is 10.6 Å². The fourth-order valence-corrected chi connectivity index (χ4v) is 3.84. The molecule has 0 aliphatic carbocycles. The zero-order chi connectivity index (χ0) is 18.6. The third kappa shape index (κ3) is 4.12. The highest BCUT2D eigenvalue weighted by molar-refractivity contribution is 7.89. The van der Waals surface area contributed by atoms with Crippen LogP contribution in [-0.4, -0.2) is 27.2 Å². The van der Waals surface area contributed by atoms with Crippen molar-refractivity contribution in [2.24, 2.45) is 0 Å². The molecule has 0 bridgehead atoms. The average Bonchev–Trinajstić information content (AvgIpc) is 3.11. The fourth-order valence-electron chi connectivity index (χ4n) is 2.55. The van der Waals surface area contributed by atoms with Gasteiger partial charge >= 0.3 is 0 Å². The smallest absolute Gasteiger partial charge is 0.244 e. The maximum atomic E-state index is 12.5. The highest BCUT2D eigenvalue weighted by atomic mass is 32.2. The molecule has 3 aromatic rings. The standard InChI is InChI=1S/C19H20N2O4S/c1-14-8-9-17(24-2)19(12-14)26(22,23)20-11-10-16-13-18(25-21-16)15-6-4-3-5-7-15/h3-9,12-13,20H,10-11H2,1-2H3. The van der Waals surface area contributed by atoms with Crippen molar-refractivity contribution < 1.29 is 17.7 Å².